The Kier molecular flexibility index (Phi) is 5.07. The number of benzene rings is 1. The highest BCUT2D eigenvalue weighted by atomic mass is 35.5. The van der Waals surface area contributed by atoms with Crippen molar-refractivity contribution in [2.45, 2.75) is 18.9 Å². The number of halogens is 1. The van der Waals surface area contributed by atoms with Crippen LogP contribution in [0.1, 0.15) is 24.4 Å². The van der Waals surface area contributed by atoms with Crippen molar-refractivity contribution in [1.29, 1.82) is 0 Å². The van der Waals surface area contributed by atoms with Crippen LogP contribution in [0.2, 0.25) is 0 Å². The number of phenols is 3. The highest BCUT2D eigenvalue weighted by Crippen LogP contribution is 2.41. The predicted molar refractivity (Wildman–Crippen MR) is 71.2 cm³/mol. The molecular formula is C12H19ClN2O3. The molecule has 0 aliphatic carbocycles. The zero-order valence-electron chi connectivity index (χ0n) is 9.97. The van der Waals surface area contributed by atoms with E-state index >= 15 is 0 Å². The molecule has 0 saturated carbocycles. The summed E-state index contributed by atoms with van der Waals surface area (Å²) >= 11 is 0. The van der Waals surface area contributed by atoms with Gasteiger partial charge >= 0.3 is 0 Å². The van der Waals surface area contributed by atoms with Gasteiger partial charge in [0.25, 0.3) is 0 Å². The second-order valence-electron chi connectivity index (χ2n) is 4.48. The lowest BCUT2D eigenvalue weighted by molar-refractivity contribution is 0.310. The van der Waals surface area contributed by atoms with Crippen LogP contribution in [0.15, 0.2) is 12.1 Å². The smallest absolute Gasteiger partial charge is 0.200 e. The standard InChI is InChI=1S/C12H18N2O3.ClH/c13-10(7-3-5-14-6-4-7)8-1-2-9(15)12(17)11(8)16;/h1-2,7,10,14-17H,3-6,13H2;1H/t10-;/m1./s1. The first-order chi connectivity index (χ1) is 8.11. The summed E-state index contributed by atoms with van der Waals surface area (Å²) in [4.78, 5) is 0. The number of hydrogen-bond donors (Lipinski definition) is 5. The first kappa shape index (κ1) is 14.9. The molecule has 5 nitrogen and oxygen atoms in total. The summed E-state index contributed by atoms with van der Waals surface area (Å²) in [7, 11) is 0. The maximum absolute atomic E-state index is 9.77. The molecule has 0 unspecified atom stereocenters. The topological polar surface area (TPSA) is 98.7 Å². The van der Waals surface area contributed by atoms with Gasteiger partial charge in [-0.15, -0.1) is 12.4 Å². The lowest BCUT2D eigenvalue weighted by atomic mass is 9.86. The molecule has 18 heavy (non-hydrogen) atoms. The first-order valence-electron chi connectivity index (χ1n) is 5.81. The molecule has 1 aromatic rings. The number of phenolic OH excluding ortho intramolecular Hbond substituents is 3. The van der Waals surface area contributed by atoms with E-state index in [4.69, 9.17) is 5.73 Å². The highest BCUT2D eigenvalue weighted by Gasteiger charge is 2.25. The zero-order chi connectivity index (χ0) is 12.4. The van der Waals surface area contributed by atoms with Crippen molar-refractivity contribution < 1.29 is 15.3 Å². The number of hydrogen-bond acceptors (Lipinski definition) is 5. The average Bonchev–Trinajstić information content (AvgIpc) is 2.36. The van der Waals surface area contributed by atoms with Crippen LogP contribution in [0.5, 0.6) is 17.2 Å². The Morgan fingerprint density at radius 3 is 2.33 bits per heavy atom. The Morgan fingerprint density at radius 2 is 1.72 bits per heavy atom. The molecule has 0 aromatic heterocycles. The second-order valence-corrected chi connectivity index (χ2v) is 4.48. The minimum atomic E-state index is -0.494. The average molecular weight is 275 g/mol. The molecule has 1 fully saturated rings. The molecule has 0 amide bonds. The molecule has 2 rings (SSSR count). The SMILES string of the molecule is Cl.N[C@@H](c1ccc(O)c(O)c1O)C1CCNCC1. The van der Waals surface area contributed by atoms with Crippen LogP contribution in [0.3, 0.4) is 0 Å². The number of rotatable bonds is 2. The molecule has 0 spiro atoms. The zero-order valence-corrected chi connectivity index (χ0v) is 10.8. The Bertz CT molecular complexity index is 409. The maximum atomic E-state index is 9.77. The summed E-state index contributed by atoms with van der Waals surface area (Å²) in [5.41, 5.74) is 6.60. The van der Waals surface area contributed by atoms with Gasteiger partial charge in [0.05, 0.1) is 0 Å². The molecule has 1 atom stereocenters. The van der Waals surface area contributed by atoms with E-state index in [0.29, 0.717) is 5.56 Å². The normalized spacial score (nSPS) is 18.1. The van der Waals surface area contributed by atoms with Crippen LogP contribution in [-0.4, -0.2) is 28.4 Å². The fourth-order valence-electron chi connectivity index (χ4n) is 2.31. The van der Waals surface area contributed by atoms with E-state index in [9.17, 15) is 15.3 Å². The molecule has 1 saturated heterocycles. The van der Waals surface area contributed by atoms with Crippen LogP contribution in [0, 0.1) is 5.92 Å². The molecule has 102 valence electrons. The van der Waals surface area contributed by atoms with Gasteiger partial charge in [0, 0.05) is 11.6 Å². The van der Waals surface area contributed by atoms with Crippen molar-refractivity contribution in [3.05, 3.63) is 17.7 Å². The quantitative estimate of drug-likeness (QED) is 0.523. The number of piperidine rings is 1. The van der Waals surface area contributed by atoms with E-state index in [0.717, 1.165) is 25.9 Å². The molecule has 0 radical (unpaired) electrons. The highest BCUT2D eigenvalue weighted by molar-refractivity contribution is 5.85. The lowest BCUT2D eigenvalue weighted by Gasteiger charge is -2.28. The van der Waals surface area contributed by atoms with E-state index in [1.165, 1.54) is 6.07 Å². The summed E-state index contributed by atoms with van der Waals surface area (Å²) < 4.78 is 0. The van der Waals surface area contributed by atoms with E-state index in [2.05, 4.69) is 5.32 Å². The van der Waals surface area contributed by atoms with Crippen molar-refractivity contribution in [2.24, 2.45) is 11.7 Å². The van der Waals surface area contributed by atoms with Crippen molar-refractivity contribution in [3.63, 3.8) is 0 Å². The number of nitrogens with one attached hydrogen (secondary N) is 1. The second kappa shape index (κ2) is 6.13. The van der Waals surface area contributed by atoms with Crippen LogP contribution in [-0.2, 0) is 0 Å². The van der Waals surface area contributed by atoms with Gasteiger partial charge in [0.15, 0.2) is 11.5 Å². The monoisotopic (exact) mass is 274 g/mol. The van der Waals surface area contributed by atoms with Gasteiger partial charge in [0.1, 0.15) is 0 Å². The Hall–Kier alpha value is -1.17. The van der Waals surface area contributed by atoms with Gasteiger partial charge in [-0.05, 0) is 44.0 Å². The first-order valence-corrected chi connectivity index (χ1v) is 5.81. The van der Waals surface area contributed by atoms with Gasteiger partial charge in [-0.3, -0.25) is 0 Å². The molecule has 1 aliphatic heterocycles. The third kappa shape index (κ3) is 2.80. The third-order valence-corrected chi connectivity index (χ3v) is 3.41. The molecule has 1 aliphatic rings. The van der Waals surface area contributed by atoms with E-state index in [1.807, 2.05) is 0 Å². The van der Waals surface area contributed by atoms with Gasteiger partial charge in [-0.1, -0.05) is 0 Å². The van der Waals surface area contributed by atoms with Gasteiger partial charge in [0.2, 0.25) is 5.75 Å². The van der Waals surface area contributed by atoms with Crippen molar-refractivity contribution in [1.82, 2.24) is 5.32 Å². The Morgan fingerprint density at radius 1 is 1.11 bits per heavy atom. The number of aromatic hydroxyl groups is 3. The molecule has 1 heterocycles. The van der Waals surface area contributed by atoms with Crippen molar-refractivity contribution >= 4 is 12.4 Å². The van der Waals surface area contributed by atoms with Crippen molar-refractivity contribution in [2.75, 3.05) is 13.1 Å². The summed E-state index contributed by atoms with van der Waals surface area (Å²) in [6.45, 7) is 1.84. The van der Waals surface area contributed by atoms with Gasteiger partial charge in [-0.2, -0.15) is 0 Å². The van der Waals surface area contributed by atoms with E-state index < -0.39 is 5.75 Å². The molecule has 6 N–H and O–H groups in total. The summed E-state index contributed by atoms with van der Waals surface area (Å²) in [5, 5.41) is 31.7. The minimum Gasteiger partial charge on any atom is -0.504 e. The molecular weight excluding hydrogens is 256 g/mol. The third-order valence-electron chi connectivity index (χ3n) is 3.41. The predicted octanol–water partition coefficient (Wildman–Crippen LogP) is 1.22. The lowest BCUT2D eigenvalue weighted by Crippen LogP contribution is -2.33. The minimum absolute atomic E-state index is 0. The van der Waals surface area contributed by atoms with Gasteiger partial charge in [-0.25, -0.2) is 0 Å². The maximum Gasteiger partial charge on any atom is 0.200 e. The summed E-state index contributed by atoms with van der Waals surface area (Å²) in [6, 6.07) is 2.60. The molecule has 0 bridgehead atoms. The van der Waals surface area contributed by atoms with Crippen LogP contribution in [0.25, 0.3) is 0 Å². The number of nitrogens with two attached hydrogens (primary N) is 1. The fraction of sp³-hybridized carbons (Fsp3) is 0.500. The fourth-order valence-corrected chi connectivity index (χ4v) is 2.31. The van der Waals surface area contributed by atoms with Crippen LogP contribution >= 0.6 is 12.4 Å². The van der Waals surface area contributed by atoms with Crippen LogP contribution in [0.4, 0.5) is 0 Å². The van der Waals surface area contributed by atoms with Crippen LogP contribution < -0.4 is 11.1 Å². The van der Waals surface area contributed by atoms with Gasteiger partial charge < -0.3 is 26.4 Å². The summed E-state index contributed by atoms with van der Waals surface area (Å²) in [5.74, 6) is -0.849. The van der Waals surface area contributed by atoms with E-state index in [-0.39, 0.29) is 35.9 Å². The van der Waals surface area contributed by atoms with Crippen molar-refractivity contribution in [3.8, 4) is 17.2 Å². The summed E-state index contributed by atoms with van der Waals surface area (Å²) in [6.07, 6.45) is 1.89. The molecule has 1 aromatic carbocycles. The largest absolute Gasteiger partial charge is 0.504 e. The Balaban J connectivity index is 0.00000162. The Labute approximate surface area is 112 Å². The molecule has 6 heteroatoms. The van der Waals surface area contributed by atoms with E-state index in [1.54, 1.807) is 6.07 Å².